The zero-order valence-corrected chi connectivity index (χ0v) is 10.3. The Balaban J connectivity index is 1.56. The second-order valence-corrected chi connectivity index (χ2v) is 5.44. The normalized spacial score (nSPS) is 22.3. The lowest BCUT2D eigenvalue weighted by Crippen LogP contribution is -2.51. The predicted molar refractivity (Wildman–Crippen MR) is 68.7 cm³/mol. The third-order valence-electron chi connectivity index (χ3n) is 4.19. The Hall–Kier alpha value is -1.55. The van der Waals surface area contributed by atoms with E-state index in [0.29, 0.717) is 5.41 Å². The fourth-order valence-corrected chi connectivity index (χ4v) is 2.85. The van der Waals surface area contributed by atoms with Crippen molar-refractivity contribution < 1.29 is 9.15 Å². The van der Waals surface area contributed by atoms with Crippen LogP contribution >= 0.6 is 0 Å². The Kier molecular flexibility index (Phi) is 2.14. The summed E-state index contributed by atoms with van der Waals surface area (Å²) in [6.45, 7) is 3.93. The Bertz CT molecular complexity index is 531. The van der Waals surface area contributed by atoms with Crippen LogP contribution in [0.2, 0.25) is 0 Å². The summed E-state index contributed by atoms with van der Waals surface area (Å²) in [7, 11) is 0. The van der Waals surface area contributed by atoms with E-state index in [1.807, 2.05) is 24.3 Å². The number of fused-ring (bicyclic) bond motifs is 1. The molecule has 1 spiro atoms. The molecule has 0 amide bonds. The number of piperidine rings is 1. The van der Waals surface area contributed by atoms with E-state index in [2.05, 4.69) is 9.88 Å². The summed E-state index contributed by atoms with van der Waals surface area (Å²) in [5.41, 5.74) is 2.28. The van der Waals surface area contributed by atoms with Crippen molar-refractivity contribution in [3.05, 3.63) is 24.3 Å². The lowest BCUT2D eigenvalue weighted by molar-refractivity contribution is -0.124. The van der Waals surface area contributed by atoms with E-state index in [1.165, 1.54) is 12.8 Å². The van der Waals surface area contributed by atoms with Gasteiger partial charge in [-0.1, -0.05) is 12.1 Å². The molecule has 18 heavy (non-hydrogen) atoms. The number of aromatic nitrogens is 1. The van der Waals surface area contributed by atoms with Crippen LogP contribution in [0.4, 0.5) is 6.01 Å². The molecule has 0 bridgehead atoms. The van der Waals surface area contributed by atoms with Gasteiger partial charge in [-0.05, 0) is 25.0 Å². The van der Waals surface area contributed by atoms with Crippen LogP contribution in [0, 0.1) is 5.41 Å². The summed E-state index contributed by atoms with van der Waals surface area (Å²) in [4.78, 5) is 6.81. The maximum absolute atomic E-state index is 5.81. The maximum atomic E-state index is 5.81. The fourth-order valence-electron chi connectivity index (χ4n) is 2.85. The molecule has 2 aliphatic rings. The monoisotopic (exact) mass is 244 g/mol. The third kappa shape index (κ3) is 1.52. The molecular weight excluding hydrogens is 228 g/mol. The molecule has 4 nitrogen and oxygen atoms in total. The van der Waals surface area contributed by atoms with Crippen molar-refractivity contribution >= 4 is 17.1 Å². The summed E-state index contributed by atoms with van der Waals surface area (Å²) in [5, 5.41) is 0. The number of para-hydroxylation sites is 2. The minimum absolute atomic E-state index is 0.461. The summed E-state index contributed by atoms with van der Waals surface area (Å²) < 4.78 is 11.2. The first-order valence-electron chi connectivity index (χ1n) is 6.53. The van der Waals surface area contributed by atoms with E-state index in [4.69, 9.17) is 9.15 Å². The van der Waals surface area contributed by atoms with Gasteiger partial charge < -0.3 is 14.1 Å². The van der Waals surface area contributed by atoms with Crippen LogP contribution in [0.3, 0.4) is 0 Å². The van der Waals surface area contributed by atoms with Crippen molar-refractivity contribution in [2.24, 2.45) is 5.41 Å². The van der Waals surface area contributed by atoms with E-state index in [1.54, 1.807) is 0 Å². The van der Waals surface area contributed by atoms with Gasteiger partial charge in [0.2, 0.25) is 0 Å². The molecule has 1 aromatic heterocycles. The number of ether oxygens (including phenoxy) is 1. The Labute approximate surface area is 106 Å². The molecular formula is C14H16N2O2. The standard InChI is InChI=1S/C14H16N2O2/c1-2-4-12-11(3-1)15-13(18-12)16-7-5-14(6-8-16)9-17-10-14/h1-4H,5-10H2. The minimum atomic E-state index is 0.461. The minimum Gasteiger partial charge on any atom is -0.423 e. The van der Waals surface area contributed by atoms with Gasteiger partial charge in [-0.3, -0.25) is 0 Å². The zero-order chi connectivity index (χ0) is 12.0. The fraction of sp³-hybridized carbons (Fsp3) is 0.500. The number of benzene rings is 1. The topological polar surface area (TPSA) is 38.5 Å². The van der Waals surface area contributed by atoms with Gasteiger partial charge in [0.25, 0.3) is 6.01 Å². The molecule has 2 saturated heterocycles. The zero-order valence-electron chi connectivity index (χ0n) is 10.3. The van der Waals surface area contributed by atoms with Crippen LogP contribution < -0.4 is 4.90 Å². The highest BCUT2D eigenvalue weighted by Crippen LogP contribution is 2.39. The molecule has 2 aromatic rings. The van der Waals surface area contributed by atoms with Crippen LogP contribution in [0.1, 0.15) is 12.8 Å². The van der Waals surface area contributed by atoms with Crippen LogP contribution in [0.25, 0.3) is 11.1 Å². The van der Waals surface area contributed by atoms with Gasteiger partial charge in [0, 0.05) is 18.5 Å². The lowest BCUT2D eigenvalue weighted by Gasteiger charge is -2.46. The number of hydrogen-bond donors (Lipinski definition) is 0. The van der Waals surface area contributed by atoms with Gasteiger partial charge in [0.05, 0.1) is 13.2 Å². The van der Waals surface area contributed by atoms with Gasteiger partial charge >= 0.3 is 0 Å². The molecule has 94 valence electrons. The van der Waals surface area contributed by atoms with Crippen LogP contribution in [0.5, 0.6) is 0 Å². The molecule has 0 N–H and O–H groups in total. The number of anilines is 1. The average molecular weight is 244 g/mol. The SMILES string of the molecule is c1ccc2oc(N3CCC4(CC3)COC4)nc2c1. The van der Waals surface area contributed by atoms with Crippen LogP contribution in [0.15, 0.2) is 28.7 Å². The quantitative estimate of drug-likeness (QED) is 0.772. The maximum Gasteiger partial charge on any atom is 0.298 e. The van der Waals surface area contributed by atoms with Crippen molar-refractivity contribution in [1.29, 1.82) is 0 Å². The number of nitrogens with zero attached hydrogens (tertiary/aromatic N) is 2. The summed E-state index contributed by atoms with van der Waals surface area (Å²) in [6.07, 6.45) is 2.37. The third-order valence-corrected chi connectivity index (χ3v) is 4.19. The molecule has 4 rings (SSSR count). The smallest absolute Gasteiger partial charge is 0.298 e. The number of oxazole rings is 1. The molecule has 0 aliphatic carbocycles. The first-order chi connectivity index (χ1) is 8.85. The van der Waals surface area contributed by atoms with Gasteiger partial charge in [0.15, 0.2) is 5.58 Å². The van der Waals surface area contributed by atoms with Crippen molar-refractivity contribution in [3.63, 3.8) is 0 Å². The van der Waals surface area contributed by atoms with Gasteiger partial charge in [-0.25, -0.2) is 0 Å². The highest BCUT2D eigenvalue weighted by Gasteiger charge is 2.41. The van der Waals surface area contributed by atoms with Crippen molar-refractivity contribution in [2.45, 2.75) is 12.8 Å². The lowest BCUT2D eigenvalue weighted by atomic mass is 9.77. The molecule has 2 fully saturated rings. The first kappa shape index (κ1) is 10.4. The summed E-state index contributed by atoms with van der Waals surface area (Å²) in [5.74, 6) is 0. The van der Waals surface area contributed by atoms with Gasteiger partial charge in [0.1, 0.15) is 5.52 Å². The van der Waals surface area contributed by atoms with E-state index in [9.17, 15) is 0 Å². The predicted octanol–water partition coefficient (Wildman–Crippen LogP) is 2.44. The second kappa shape index (κ2) is 3.72. The largest absolute Gasteiger partial charge is 0.423 e. The van der Waals surface area contributed by atoms with Gasteiger partial charge in [-0.15, -0.1) is 0 Å². The van der Waals surface area contributed by atoms with Crippen LogP contribution in [-0.2, 0) is 4.74 Å². The molecule has 3 heterocycles. The van der Waals surface area contributed by atoms with E-state index in [0.717, 1.165) is 43.4 Å². The molecule has 0 radical (unpaired) electrons. The van der Waals surface area contributed by atoms with E-state index < -0.39 is 0 Å². The first-order valence-corrected chi connectivity index (χ1v) is 6.53. The van der Waals surface area contributed by atoms with Crippen LogP contribution in [-0.4, -0.2) is 31.3 Å². The van der Waals surface area contributed by atoms with Crippen molar-refractivity contribution in [2.75, 3.05) is 31.2 Å². The molecule has 0 atom stereocenters. The Morgan fingerprint density at radius 2 is 1.89 bits per heavy atom. The van der Waals surface area contributed by atoms with Crippen molar-refractivity contribution in [1.82, 2.24) is 4.98 Å². The van der Waals surface area contributed by atoms with Gasteiger partial charge in [-0.2, -0.15) is 4.98 Å². The summed E-state index contributed by atoms with van der Waals surface area (Å²) in [6, 6.07) is 8.70. The van der Waals surface area contributed by atoms with E-state index in [-0.39, 0.29) is 0 Å². The Morgan fingerprint density at radius 3 is 2.56 bits per heavy atom. The second-order valence-electron chi connectivity index (χ2n) is 5.44. The molecule has 0 unspecified atom stereocenters. The molecule has 4 heteroatoms. The molecule has 1 aromatic carbocycles. The molecule has 0 saturated carbocycles. The Morgan fingerprint density at radius 1 is 1.11 bits per heavy atom. The van der Waals surface area contributed by atoms with E-state index >= 15 is 0 Å². The van der Waals surface area contributed by atoms with Crippen molar-refractivity contribution in [3.8, 4) is 0 Å². The number of rotatable bonds is 1. The molecule has 2 aliphatic heterocycles. The highest BCUT2D eigenvalue weighted by molar-refractivity contribution is 5.74. The highest BCUT2D eigenvalue weighted by atomic mass is 16.5. The average Bonchev–Trinajstić information content (AvgIpc) is 2.81. The summed E-state index contributed by atoms with van der Waals surface area (Å²) >= 11 is 0. The number of hydrogen-bond acceptors (Lipinski definition) is 4.